The Labute approximate surface area is 161 Å². The summed E-state index contributed by atoms with van der Waals surface area (Å²) in [7, 11) is 0. The van der Waals surface area contributed by atoms with E-state index >= 15 is 0 Å². The molecule has 9 heteroatoms. The van der Waals surface area contributed by atoms with E-state index in [4.69, 9.17) is 4.74 Å². The fourth-order valence-corrected chi connectivity index (χ4v) is 2.95. The van der Waals surface area contributed by atoms with Crippen LogP contribution in [0.15, 0.2) is 65.7 Å². The van der Waals surface area contributed by atoms with E-state index in [1.807, 2.05) is 0 Å². The molecule has 144 valence electrons. The fraction of sp³-hybridized carbons (Fsp3) is 0.105. The van der Waals surface area contributed by atoms with Crippen molar-refractivity contribution in [2.24, 2.45) is 0 Å². The molecule has 0 aliphatic carbocycles. The maximum Gasteiger partial charge on any atom is 0.446 e. The molecule has 0 unspecified atom stereocenters. The second kappa shape index (κ2) is 8.30. The number of anilines is 1. The standard InChI is InChI=1S/C19H13F3N2O3S/c20-19(21,22)28-13-8-6-12(7-9-13)18(26)27-11-17(25)24-16-5-1-4-15-14(16)3-2-10-23-15/h1-10H,11H2,(H,24,25). The van der Waals surface area contributed by atoms with Crippen molar-refractivity contribution in [2.75, 3.05) is 11.9 Å². The molecule has 3 rings (SSSR count). The second-order valence-electron chi connectivity index (χ2n) is 5.57. The van der Waals surface area contributed by atoms with Crippen LogP contribution in [0.3, 0.4) is 0 Å². The third kappa shape index (κ3) is 5.23. The van der Waals surface area contributed by atoms with Crippen LogP contribution in [0, 0.1) is 0 Å². The molecule has 0 bridgehead atoms. The summed E-state index contributed by atoms with van der Waals surface area (Å²) in [6, 6.07) is 13.5. The quantitative estimate of drug-likeness (QED) is 0.494. The lowest BCUT2D eigenvalue weighted by atomic mass is 10.2. The largest absolute Gasteiger partial charge is 0.452 e. The third-order valence-corrected chi connectivity index (χ3v) is 4.32. The zero-order valence-corrected chi connectivity index (χ0v) is 15.0. The van der Waals surface area contributed by atoms with Gasteiger partial charge in [-0.25, -0.2) is 4.79 Å². The summed E-state index contributed by atoms with van der Waals surface area (Å²) < 4.78 is 41.8. The zero-order valence-electron chi connectivity index (χ0n) is 14.2. The average Bonchev–Trinajstić information content (AvgIpc) is 2.66. The van der Waals surface area contributed by atoms with Crippen LogP contribution in [0.4, 0.5) is 18.9 Å². The number of amides is 1. The molecule has 0 fully saturated rings. The molecule has 1 heterocycles. The van der Waals surface area contributed by atoms with Crippen molar-refractivity contribution < 1.29 is 27.5 Å². The molecule has 0 saturated heterocycles. The van der Waals surface area contributed by atoms with E-state index in [2.05, 4.69) is 10.3 Å². The van der Waals surface area contributed by atoms with Gasteiger partial charge in [0.2, 0.25) is 0 Å². The van der Waals surface area contributed by atoms with Crippen molar-refractivity contribution in [3.05, 3.63) is 66.4 Å². The number of rotatable bonds is 5. The predicted molar refractivity (Wildman–Crippen MR) is 99.0 cm³/mol. The number of fused-ring (bicyclic) bond motifs is 1. The van der Waals surface area contributed by atoms with E-state index in [0.717, 1.165) is 17.5 Å². The average molecular weight is 406 g/mol. The van der Waals surface area contributed by atoms with Gasteiger partial charge in [-0.3, -0.25) is 9.78 Å². The Morgan fingerprint density at radius 2 is 1.79 bits per heavy atom. The summed E-state index contributed by atoms with van der Waals surface area (Å²) >= 11 is -0.280. The van der Waals surface area contributed by atoms with E-state index in [-0.39, 0.29) is 22.2 Å². The second-order valence-corrected chi connectivity index (χ2v) is 6.71. The number of hydrogen-bond donors (Lipinski definition) is 1. The van der Waals surface area contributed by atoms with Crippen LogP contribution in [-0.2, 0) is 9.53 Å². The van der Waals surface area contributed by atoms with Crippen molar-refractivity contribution in [1.29, 1.82) is 0 Å². The summed E-state index contributed by atoms with van der Waals surface area (Å²) in [4.78, 5) is 28.2. The van der Waals surface area contributed by atoms with Gasteiger partial charge in [-0.05, 0) is 60.3 Å². The molecule has 3 aromatic rings. The number of alkyl halides is 3. The van der Waals surface area contributed by atoms with Crippen molar-refractivity contribution >= 4 is 40.2 Å². The Kier molecular flexibility index (Phi) is 5.84. The van der Waals surface area contributed by atoms with E-state index in [1.165, 1.54) is 12.1 Å². The maximum absolute atomic E-state index is 12.3. The minimum Gasteiger partial charge on any atom is -0.452 e. The lowest BCUT2D eigenvalue weighted by molar-refractivity contribution is -0.119. The Morgan fingerprint density at radius 3 is 2.50 bits per heavy atom. The highest BCUT2D eigenvalue weighted by Crippen LogP contribution is 2.36. The number of hydrogen-bond acceptors (Lipinski definition) is 5. The predicted octanol–water partition coefficient (Wildman–Crippen LogP) is 4.64. The fourth-order valence-electron chi connectivity index (χ4n) is 2.41. The van der Waals surface area contributed by atoms with E-state index in [9.17, 15) is 22.8 Å². The Balaban J connectivity index is 1.57. The number of benzene rings is 2. The molecule has 0 radical (unpaired) electrons. The Bertz CT molecular complexity index is 1000. The highest BCUT2D eigenvalue weighted by atomic mass is 32.2. The van der Waals surface area contributed by atoms with Crippen LogP contribution in [0.25, 0.3) is 10.9 Å². The van der Waals surface area contributed by atoms with Crippen LogP contribution in [0.5, 0.6) is 0 Å². The first-order chi connectivity index (χ1) is 13.3. The normalized spacial score (nSPS) is 11.2. The number of halogens is 3. The van der Waals surface area contributed by atoms with Crippen molar-refractivity contribution in [3.63, 3.8) is 0 Å². The number of carbonyl (C=O) groups is 2. The van der Waals surface area contributed by atoms with Crippen molar-refractivity contribution in [1.82, 2.24) is 4.98 Å². The summed E-state index contributed by atoms with van der Waals surface area (Å²) in [5, 5.41) is 3.38. The number of carbonyl (C=O) groups excluding carboxylic acids is 2. The van der Waals surface area contributed by atoms with Gasteiger partial charge < -0.3 is 10.1 Å². The molecule has 1 N–H and O–H groups in total. The van der Waals surface area contributed by atoms with E-state index < -0.39 is 24.0 Å². The zero-order chi connectivity index (χ0) is 20.1. The van der Waals surface area contributed by atoms with Gasteiger partial charge >= 0.3 is 11.5 Å². The van der Waals surface area contributed by atoms with Crippen LogP contribution in [-0.4, -0.2) is 29.0 Å². The van der Waals surface area contributed by atoms with Crippen molar-refractivity contribution in [3.8, 4) is 0 Å². The van der Waals surface area contributed by atoms with Crippen LogP contribution in [0.1, 0.15) is 10.4 Å². The van der Waals surface area contributed by atoms with Gasteiger partial charge in [0.1, 0.15) is 0 Å². The van der Waals surface area contributed by atoms with E-state index in [0.29, 0.717) is 11.2 Å². The number of ether oxygens (including phenoxy) is 1. The molecule has 0 aliphatic rings. The summed E-state index contributed by atoms with van der Waals surface area (Å²) in [5.41, 5.74) is -3.12. The van der Waals surface area contributed by atoms with Gasteiger partial charge in [0, 0.05) is 16.5 Å². The van der Waals surface area contributed by atoms with Gasteiger partial charge in [-0.2, -0.15) is 13.2 Å². The van der Waals surface area contributed by atoms with Crippen LogP contribution >= 0.6 is 11.8 Å². The molecule has 28 heavy (non-hydrogen) atoms. The molecular formula is C19H13F3N2O3S. The molecule has 5 nitrogen and oxygen atoms in total. The number of aromatic nitrogens is 1. The van der Waals surface area contributed by atoms with Gasteiger partial charge in [0.25, 0.3) is 5.91 Å². The van der Waals surface area contributed by atoms with Crippen LogP contribution < -0.4 is 5.32 Å². The molecule has 0 aliphatic heterocycles. The lowest BCUT2D eigenvalue weighted by Gasteiger charge is -2.09. The monoisotopic (exact) mass is 406 g/mol. The maximum atomic E-state index is 12.3. The Morgan fingerprint density at radius 1 is 1.04 bits per heavy atom. The van der Waals surface area contributed by atoms with Gasteiger partial charge in [-0.15, -0.1) is 0 Å². The summed E-state index contributed by atoms with van der Waals surface area (Å²) in [6.45, 7) is -0.533. The highest BCUT2D eigenvalue weighted by Gasteiger charge is 2.29. The highest BCUT2D eigenvalue weighted by molar-refractivity contribution is 8.00. The first kappa shape index (κ1) is 19.7. The number of pyridine rings is 1. The number of nitrogens with zero attached hydrogens (tertiary/aromatic N) is 1. The Hall–Kier alpha value is -3.07. The third-order valence-electron chi connectivity index (χ3n) is 3.58. The topological polar surface area (TPSA) is 68.3 Å². The summed E-state index contributed by atoms with van der Waals surface area (Å²) in [6.07, 6.45) is 1.63. The first-order valence-electron chi connectivity index (χ1n) is 7.98. The van der Waals surface area contributed by atoms with Gasteiger partial charge in [-0.1, -0.05) is 6.07 Å². The summed E-state index contributed by atoms with van der Waals surface area (Å²) in [5.74, 6) is -1.35. The number of esters is 1. The molecular weight excluding hydrogens is 393 g/mol. The minimum atomic E-state index is -4.41. The van der Waals surface area contributed by atoms with Gasteiger partial charge in [0.15, 0.2) is 6.61 Å². The van der Waals surface area contributed by atoms with E-state index in [1.54, 1.807) is 36.5 Å². The van der Waals surface area contributed by atoms with Crippen LogP contribution in [0.2, 0.25) is 0 Å². The SMILES string of the molecule is O=C(COC(=O)c1ccc(SC(F)(F)F)cc1)Nc1cccc2ncccc12. The number of thioether (sulfide) groups is 1. The molecule has 1 amide bonds. The molecule has 1 aromatic heterocycles. The van der Waals surface area contributed by atoms with Crippen molar-refractivity contribution in [2.45, 2.75) is 10.4 Å². The molecule has 2 aromatic carbocycles. The molecule has 0 atom stereocenters. The molecule has 0 saturated carbocycles. The lowest BCUT2D eigenvalue weighted by Crippen LogP contribution is -2.21. The smallest absolute Gasteiger partial charge is 0.446 e. The first-order valence-corrected chi connectivity index (χ1v) is 8.80. The molecule has 0 spiro atoms. The minimum absolute atomic E-state index is 0.0497. The number of nitrogens with one attached hydrogen (secondary N) is 1. The van der Waals surface area contributed by atoms with Gasteiger partial charge in [0.05, 0.1) is 16.8 Å².